The van der Waals surface area contributed by atoms with Crippen LogP contribution >= 0.6 is 0 Å². The molecule has 0 bridgehead atoms. The first-order valence-electron chi connectivity index (χ1n) is 7.19. The molecule has 0 unspecified atom stereocenters. The van der Waals surface area contributed by atoms with Crippen LogP contribution in [0.1, 0.15) is 12.5 Å². The highest BCUT2D eigenvalue weighted by Gasteiger charge is 2.04. The van der Waals surface area contributed by atoms with E-state index in [1.807, 2.05) is 24.3 Å². The van der Waals surface area contributed by atoms with Crippen molar-refractivity contribution < 1.29 is 9.18 Å². The lowest BCUT2D eigenvalue weighted by molar-refractivity contribution is -0.114. The van der Waals surface area contributed by atoms with Crippen molar-refractivity contribution in [3.63, 3.8) is 0 Å². The van der Waals surface area contributed by atoms with Crippen molar-refractivity contribution in [1.29, 1.82) is 0 Å². The van der Waals surface area contributed by atoms with E-state index in [0.717, 1.165) is 17.3 Å². The van der Waals surface area contributed by atoms with Crippen LogP contribution in [0.3, 0.4) is 0 Å². The molecule has 1 amide bonds. The van der Waals surface area contributed by atoms with Crippen molar-refractivity contribution in [3.05, 3.63) is 71.8 Å². The van der Waals surface area contributed by atoms with Crippen LogP contribution in [0.15, 0.2) is 65.4 Å². The highest BCUT2D eigenvalue weighted by molar-refractivity contribution is 6.03. The molecule has 1 heterocycles. The second-order valence-corrected chi connectivity index (χ2v) is 4.94. The van der Waals surface area contributed by atoms with Crippen LogP contribution < -0.4 is 11.5 Å². The van der Waals surface area contributed by atoms with Gasteiger partial charge in [0, 0.05) is 17.3 Å². The smallest absolute Gasteiger partial charge is 0.279 e. The van der Waals surface area contributed by atoms with Crippen molar-refractivity contribution in [2.75, 3.05) is 0 Å². The largest absolute Gasteiger partial charge is 0.370 e. The topological polar surface area (TPSA) is 94.4 Å². The molecule has 2 rings (SSSR count). The predicted molar refractivity (Wildman–Crippen MR) is 93.2 cm³/mol. The number of hydrogen-bond donors (Lipinski definition) is 2. The van der Waals surface area contributed by atoms with Gasteiger partial charge in [-0.05, 0) is 36.3 Å². The molecule has 0 spiro atoms. The lowest BCUT2D eigenvalue weighted by atomic mass is 10.0. The Hall–Kier alpha value is -3.28. The number of nitrogens with zero attached hydrogens (tertiary/aromatic N) is 2. The Morgan fingerprint density at radius 1 is 1.21 bits per heavy atom. The minimum atomic E-state index is -0.515. The molecule has 0 aliphatic rings. The van der Waals surface area contributed by atoms with Crippen LogP contribution in [-0.4, -0.2) is 16.9 Å². The number of nitrogens with two attached hydrogens (primary N) is 2. The first-order chi connectivity index (χ1) is 11.5. The fourth-order valence-corrected chi connectivity index (χ4v) is 2.05. The third kappa shape index (κ3) is 4.61. The monoisotopic (exact) mass is 324 g/mol. The van der Waals surface area contributed by atoms with Crippen LogP contribution in [0.5, 0.6) is 0 Å². The summed E-state index contributed by atoms with van der Waals surface area (Å²) < 4.78 is 13.3. The molecule has 6 heteroatoms. The van der Waals surface area contributed by atoms with E-state index in [4.69, 9.17) is 11.5 Å². The zero-order valence-corrected chi connectivity index (χ0v) is 13.1. The van der Waals surface area contributed by atoms with Gasteiger partial charge in [0.2, 0.25) is 0 Å². The fraction of sp³-hybridized carbons (Fsp3) is 0.0556. The van der Waals surface area contributed by atoms with Gasteiger partial charge in [-0.2, -0.15) is 4.99 Å². The van der Waals surface area contributed by atoms with Crippen LogP contribution in [0.25, 0.3) is 17.2 Å². The third-order valence-electron chi connectivity index (χ3n) is 3.17. The molecule has 0 saturated carbocycles. The number of pyridine rings is 1. The summed E-state index contributed by atoms with van der Waals surface area (Å²) in [6.45, 7) is 1.72. The summed E-state index contributed by atoms with van der Waals surface area (Å²) in [7, 11) is 0. The number of carbonyl (C=O) groups is 1. The van der Waals surface area contributed by atoms with Crippen LogP contribution in [0, 0.1) is 5.82 Å². The Morgan fingerprint density at radius 3 is 2.67 bits per heavy atom. The minimum absolute atomic E-state index is 0.284. The second-order valence-electron chi connectivity index (χ2n) is 4.94. The Labute approximate surface area is 139 Å². The van der Waals surface area contributed by atoms with Gasteiger partial charge in [0.15, 0.2) is 5.96 Å². The summed E-state index contributed by atoms with van der Waals surface area (Å²) in [5, 5.41) is 0. The van der Waals surface area contributed by atoms with Crippen molar-refractivity contribution in [2.45, 2.75) is 6.92 Å². The van der Waals surface area contributed by atoms with Crippen molar-refractivity contribution in [2.24, 2.45) is 16.5 Å². The van der Waals surface area contributed by atoms with E-state index >= 15 is 0 Å². The number of allylic oxidation sites excluding steroid dienone is 1. The Balaban J connectivity index is 2.26. The molecular formula is C18H17FN4O. The fourth-order valence-electron chi connectivity index (χ4n) is 2.05. The van der Waals surface area contributed by atoms with Gasteiger partial charge in [0.25, 0.3) is 5.91 Å². The molecular weight excluding hydrogens is 307 g/mol. The molecule has 0 aliphatic carbocycles. The lowest BCUT2D eigenvalue weighted by Crippen LogP contribution is -2.24. The maximum Gasteiger partial charge on any atom is 0.279 e. The van der Waals surface area contributed by atoms with Gasteiger partial charge in [-0.25, -0.2) is 4.39 Å². The standard InChI is InChI=1S/C18H17FN4O/c1-2-13(17(24)23-18(20)21)7-6-12-4-3-5-14(8-12)15-9-16(19)11-22-10-15/h2-11H,1H3,(H4,20,21,23,24)/b7-6-,13-2+. The maximum atomic E-state index is 13.3. The molecule has 0 atom stereocenters. The number of hydrogen-bond acceptors (Lipinski definition) is 2. The summed E-state index contributed by atoms with van der Waals surface area (Å²) >= 11 is 0. The van der Waals surface area contributed by atoms with E-state index in [1.54, 1.807) is 31.3 Å². The van der Waals surface area contributed by atoms with Gasteiger partial charge in [0.1, 0.15) is 5.82 Å². The molecule has 0 fully saturated rings. The lowest BCUT2D eigenvalue weighted by Gasteiger charge is -2.03. The highest BCUT2D eigenvalue weighted by atomic mass is 19.1. The molecule has 5 nitrogen and oxygen atoms in total. The number of halogens is 1. The number of guanidine groups is 1. The second kappa shape index (κ2) is 7.82. The average molecular weight is 324 g/mol. The maximum absolute atomic E-state index is 13.3. The van der Waals surface area contributed by atoms with E-state index in [-0.39, 0.29) is 5.96 Å². The van der Waals surface area contributed by atoms with Crippen LogP contribution in [0.4, 0.5) is 4.39 Å². The van der Waals surface area contributed by atoms with Crippen LogP contribution in [-0.2, 0) is 4.79 Å². The number of rotatable bonds is 4. The molecule has 2 aromatic rings. The number of aliphatic imine (C=N–C) groups is 1. The first kappa shape index (κ1) is 17.1. The first-order valence-corrected chi connectivity index (χ1v) is 7.19. The Kier molecular flexibility index (Phi) is 5.57. The van der Waals surface area contributed by atoms with Crippen LogP contribution in [0.2, 0.25) is 0 Å². The summed E-state index contributed by atoms with van der Waals surface area (Å²) in [5.41, 5.74) is 13.1. The van der Waals surface area contributed by atoms with Crippen molar-refractivity contribution in [3.8, 4) is 11.1 Å². The number of carbonyl (C=O) groups excluding carboxylic acids is 1. The molecule has 24 heavy (non-hydrogen) atoms. The Morgan fingerprint density at radius 2 is 2.00 bits per heavy atom. The minimum Gasteiger partial charge on any atom is -0.370 e. The summed E-state index contributed by atoms with van der Waals surface area (Å²) in [4.78, 5) is 19.2. The van der Waals surface area contributed by atoms with E-state index in [9.17, 15) is 9.18 Å². The SMILES string of the molecule is C/C=C(\C=C/c1cccc(-c2cncc(F)c2)c1)C(=O)N=C(N)N. The third-order valence-corrected chi connectivity index (χ3v) is 3.17. The summed E-state index contributed by atoms with van der Waals surface area (Å²) in [6, 6.07) is 8.84. The summed E-state index contributed by atoms with van der Waals surface area (Å²) in [6.07, 6.45) is 7.74. The average Bonchev–Trinajstić information content (AvgIpc) is 2.55. The zero-order valence-electron chi connectivity index (χ0n) is 13.1. The number of aromatic nitrogens is 1. The van der Waals surface area contributed by atoms with Gasteiger partial charge in [-0.15, -0.1) is 0 Å². The molecule has 4 N–H and O–H groups in total. The van der Waals surface area contributed by atoms with Gasteiger partial charge >= 0.3 is 0 Å². The highest BCUT2D eigenvalue weighted by Crippen LogP contribution is 2.21. The predicted octanol–water partition coefficient (Wildman–Crippen LogP) is 2.65. The molecule has 0 saturated heterocycles. The van der Waals surface area contributed by atoms with E-state index in [0.29, 0.717) is 11.1 Å². The Bertz CT molecular complexity index is 836. The van der Waals surface area contributed by atoms with E-state index in [2.05, 4.69) is 9.98 Å². The molecule has 1 aromatic carbocycles. The molecule has 1 aromatic heterocycles. The molecule has 0 radical (unpaired) electrons. The summed E-state index contributed by atoms with van der Waals surface area (Å²) in [5.74, 6) is -1.19. The van der Waals surface area contributed by atoms with Gasteiger partial charge in [-0.1, -0.05) is 30.4 Å². The quantitative estimate of drug-likeness (QED) is 0.391. The normalized spacial score (nSPS) is 11.5. The van der Waals surface area contributed by atoms with E-state index < -0.39 is 11.7 Å². The van der Waals surface area contributed by atoms with Crippen molar-refractivity contribution in [1.82, 2.24) is 4.98 Å². The van der Waals surface area contributed by atoms with E-state index in [1.165, 1.54) is 6.07 Å². The van der Waals surface area contributed by atoms with Crippen molar-refractivity contribution >= 4 is 17.9 Å². The van der Waals surface area contributed by atoms with Gasteiger partial charge < -0.3 is 11.5 Å². The molecule has 0 aliphatic heterocycles. The van der Waals surface area contributed by atoms with Gasteiger partial charge in [-0.3, -0.25) is 9.78 Å². The van der Waals surface area contributed by atoms with Gasteiger partial charge in [0.05, 0.1) is 6.20 Å². The number of amides is 1. The number of benzene rings is 1. The molecule has 122 valence electrons. The zero-order chi connectivity index (χ0) is 17.5.